The number of rotatable bonds is 6. The summed E-state index contributed by atoms with van der Waals surface area (Å²) in [7, 11) is 0. The van der Waals surface area contributed by atoms with Gasteiger partial charge in [-0.2, -0.15) is 0 Å². The van der Waals surface area contributed by atoms with Gasteiger partial charge in [0.15, 0.2) is 5.84 Å². The van der Waals surface area contributed by atoms with Crippen molar-refractivity contribution < 1.29 is 14.7 Å². The van der Waals surface area contributed by atoms with E-state index < -0.39 is 0 Å². The third-order valence-electron chi connectivity index (χ3n) is 2.57. The van der Waals surface area contributed by atoms with Gasteiger partial charge in [0.25, 0.3) is 5.91 Å². The Kier molecular flexibility index (Phi) is 5.66. The second kappa shape index (κ2) is 7.25. The van der Waals surface area contributed by atoms with E-state index in [1.54, 1.807) is 18.2 Å². The zero-order chi connectivity index (χ0) is 14.3. The monoisotopic (exact) mass is 265 g/mol. The molecule has 0 aromatic heterocycles. The zero-order valence-electron chi connectivity index (χ0n) is 11.2. The number of benzene rings is 1. The highest BCUT2D eigenvalue weighted by atomic mass is 16.5. The van der Waals surface area contributed by atoms with E-state index in [9.17, 15) is 4.79 Å². The molecule has 0 bridgehead atoms. The minimum absolute atomic E-state index is 0.0101. The summed E-state index contributed by atoms with van der Waals surface area (Å²) < 4.78 is 5.43. The largest absolute Gasteiger partial charge is 0.493 e. The van der Waals surface area contributed by atoms with Crippen LogP contribution < -0.4 is 10.5 Å². The fraction of sp³-hybridized carbons (Fsp3) is 0.385. The second-order valence-corrected chi connectivity index (χ2v) is 3.84. The van der Waals surface area contributed by atoms with Gasteiger partial charge in [-0.25, -0.2) is 0 Å². The van der Waals surface area contributed by atoms with Crippen LogP contribution in [0.2, 0.25) is 0 Å². The number of carbonyl (C=O) groups excluding carboxylic acids is 1. The van der Waals surface area contributed by atoms with Crippen molar-refractivity contribution in [2.45, 2.75) is 13.8 Å². The predicted octanol–water partition coefficient (Wildman–Crippen LogP) is 1.29. The summed E-state index contributed by atoms with van der Waals surface area (Å²) in [5, 5.41) is 11.5. The van der Waals surface area contributed by atoms with Crippen LogP contribution in [0.25, 0.3) is 0 Å². The third-order valence-corrected chi connectivity index (χ3v) is 2.57. The van der Waals surface area contributed by atoms with Gasteiger partial charge in [0, 0.05) is 6.54 Å². The van der Waals surface area contributed by atoms with Gasteiger partial charge in [0.05, 0.1) is 18.7 Å². The Hall–Kier alpha value is -2.24. The minimum Gasteiger partial charge on any atom is -0.493 e. The lowest BCUT2D eigenvalue weighted by molar-refractivity contribution is 0.0782. The summed E-state index contributed by atoms with van der Waals surface area (Å²) in [5.74, 6) is 0.315. The van der Waals surface area contributed by atoms with Gasteiger partial charge in [-0.15, -0.1) is 0 Å². The molecule has 0 aliphatic rings. The molecule has 0 atom stereocenters. The molecule has 104 valence electrons. The summed E-state index contributed by atoms with van der Waals surface area (Å²) >= 11 is 0. The van der Waals surface area contributed by atoms with Crippen LogP contribution >= 0.6 is 0 Å². The number of oxime groups is 1. The molecular weight excluding hydrogens is 246 g/mol. The van der Waals surface area contributed by atoms with Crippen molar-refractivity contribution in [2.75, 3.05) is 19.7 Å². The lowest BCUT2D eigenvalue weighted by Crippen LogP contribution is -2.38. The van der Waals surface area contributed by atoms with Crippen molar-refractivity contribution in [3.05, 3.63) is 29.8 Å². The second-order valence-electron chi connectivity index (χ2n) is 3.84. The van der Waals surface area contributed by atoms with Crippen LogP contribution in [-0.2, 0) is 0 Å². The van der Waals surface area contributed by atoms with Gasteiger partial charge in [-0.1, -0.05) is 17.3 Å². The molecule has 1 aromatic rings. The highest BCUT2D eigenvalue weighted by Gasteiger charge is 2.19. The summed E-state index contributed by atoms with van der Waals surface area (Å²) in [5.41, 5.74) is 5.91. The Morgan fingerprint density at radius 2 is 2.11 bits per heavy atom. The molecule has 1 rings (SSSR count). The van der Waals surface area contributed by atoms with Crippen LogP contribution in [0.5, 0.6) is 5.75 Å². The Balaban J connectivity index is 2.97. The number of hydrogen-bond acceptors (Lipinski definition) is 4. The summed E-state index contributed by atoms with van der Waals surface area (Å²) in [6.07, 6.45) is 0. The third kappa shape index (κ3) is 3.87. The van der Waals surface area contributed by atoms with Crippen LogP contribution in [-0.4, -0.2) is 41.5 Å². The fourth-order valence-electron chi connectivity index (χ4n) is 1.65. The predicted molar refractivity (Wildman–Crippen MR) is 72.6 cm³/mol. The van der Waals surface area contributed by atoms with Gasteiger partial charge >= 0.3 is 0 Å². The average molecular weight is 265 g/mol. The first-order valence-corrected chi connectivity index (χ1v) is 6.11. The van der Waals surface area contributed by atoms with Gasteiger partial charge in [-0.3, -0.25) is 4.79 Å². The van der Waals surface area contributed by atoms with E-state index in [1.165, 1.54) is 4.90 Å². The number of carbonyl (C=O) groups is 1. The molecule has 0 aliphatic heterocycles. The molecule has 0 spiro atoms. The normalized spacial score (nSPS) is 11.2. The van der Waals surface area contributed by atoms with E-state index in [0.29, 0.717) is 24.5 Å². The lowest BCUT2D eigenvalue weighted by atomic mass is 10.1. The van der Waals surface area contributed by atoms with Gasteiger partial charge in [0.1, 0.15) is 5.75 Å². The van der Waals surface area contributed by atoms with Crippen LogP contribution in [0.3, 0.4) is 0 Å². The standard InChI is InChI=1S/C13H19N3O3/c1-3-16(9-12(14)15-18)13(17)10-7-5-6-8-11(10)19-4-2/h5-8,18H,3-4,9H2,1-2H3,(H2,14,15). The first-order chi connectivity index (χ1) is 9.13. The smallest absolute Gasteiger partial charge is 0.258 e. The molecule has 19 heavy (non-hydrogen) atoms. The Labute approximate surface area is 112 Å². The van der Waals surface area contributed by atoms with E-state index in [-0.39, 0.29) is 18.3 Å². The molecule has 0 saturated heterocycles. The SMILES string of the molecule is CCOc1ccccc1C(=O)N(CC)CC(N)=NO. The van der Waals surface area contributed by atoms with Gasteiger partial charge < -0.3 is 20.6 Å². The molecule has 3 N–H and O–H groups in total. The Morgan fingerprint density at radius 1 is 1.42 bits per heavy atom. The molecule has 0 saturated carbocycles. The van der Waals surface area contributed by atoms with Crippen LogP contribution in [0.4, 0.5) is 0 Å². The van der Waals surface area contributed by atoms with Crippen molar-refractivity contribution in [3.63, 3.8) is 0 Å². The van der Waals surface area contributed by atoms with Crippen molar-refractivity contribution in [1.29, 1.82) is 0 Å². The molecule has 0 heterocycles. The van der Waals surface area contributed by atoms with E-state index in [4.69, 9.17) is 15.7 Å². The number of amides is 1. The van der Waals surface area contributed by atoms with Crippen LogP contribution in [0, 0.1) is 0 Å². The maximum absolute atomic E-state index is 12.4. The van der Waals surface area contributed by atoms with E-state index in [2.05, 4.69) is 5.16 Å². The number of para-hydroxylation sites is 1. The molecule has 0 fully saturated rings. The van der Waals surface area contributed by atoms with Crippen molar-refractivity contribution >= 4 is 11.7 Å². The van der Waals surface area contributed by atoms with Crippen molar-refractivity contribution in [3.8, 4) is 5.75 Å². The van der Waals surface area contributed by atoms with E-state index in [0.717, 1.165) is 0 Å². The molecular formula is C13H19N3O3. The molecule has 0 aliphatic carbocycles. The molecule has 6 heteroatoms. The molecule has 6 nitrogen and oxygen atoms in total. The number of likely N-dealkylation sites (N-methyl/N-ethyl adjacent to an activating group) is 1. The number of nitrogens with two attached hydrogens (primary N) is 1. The van der Waals surface area contributed by atoms with Crippen molar-refractivity contribution in [2.24, 2.45) is 10.9 Å². The molecule has 1 aromatic carbocycles. The first-order valence-electron chi connectivity index (χ1n) is 6.11. The van der Waals surface area contributed by atoms with Crippen LogP contribution in [0.15, 0.2) is 29.4 Å². The number of hydrogen-bond donors (Lipinski definition) is 2. The zero-order valence-corrected chi connectivity index (χ0v) is 11.2. The summed E-state index contributed by atoms with van der Waals surface area (Å²) in [4.78, 5) is 13.9. The molecule has 0 unspecified atom stereocenters. The van der Waals surface area contributed by atoms with Gasteiger partial charge in [0.2, 0.25) is 0 Å². The maximum atomic E-state index is 12.4. The topological polar surface area (TPSA) is 88.2 Å². The summed E-state index contributed by atoms with van der Waals surface area (Å²) in [6.45, 7) is 4.69. The fourth-order valence-corrected chi connectivity index (χ4v) is 1.65. The average Bonchev–Trinajstić information content (AvgIpc) is 2.44. The maximum Gasteiger partial charge on any atom is 0.258 e. The summed E-state index contributed by atoms with van der Waals surface area (Å²) in [6, 6.07) is 7.02. The molecule has 0 radical (unpaired) electrons. The van der Waals surface area contributed by atoms with Crippen molar-refractivity contribution in [1.82, 2.24) is 4.90 Å². The minimum atomic E-state index is -0.210. The van der Waals surface area contributed by atoms with E-state index >= 15 is 0 Å². The highest BCUT2D eigenvalue weighted by Crippen LogP contribution is 2.19. The molecule has 1 amide bonds. The van der Waals surface area contributed by atoms with Crippen LogP contribution in [0.1, 0.15) is 24.2 Å². The van der Waals surface area contributed by atoms with E-state index in [1.807, 2.05) is 19.9 Å². The number of ether oxygens (including phenoxy) is 1. The number of amidine groups is 1. The lowest BCUT2D eigenvalue weighted by Gasteiger charge is -2.21. The first kappa shape index (κ1) is 14.8. The van der Waals surface area contributed by atoms with Gasteiger partial charge in [-0.05, 0) is 26.0 Å². The Bertz CT molecular complexity index is 460. The Morgan fingerprint density at radius 3 is 2.68 bits per heavy atom. The quantitative estimate of drug-likeness (QED) is 0.351. The number of nitrogens with zero attached hydrogens (tertiary/aromatic N) is 2. The highest BCUT2D eigenvalue weighted by molar-refractivity contribution is 5.99.